The second kappa shape index (κ2) is 5.82. The van der Waals surface area contributed by atoms with Crippen LogP contribution < -0.4 is 0 Å². The molecule has 114 valence electrons. The number of carbonyl (C=O) groups excluding carboxylic acids is 2. The van der Waals surface area contributed by atoms with E-state index in [-0.39, 0.29) is 11.7 Å². The van der Waals surface area contributed by atoms with E-state index in [1.54, 1.807) is 11.1 Å². The zero-order chi connectivity index (χ0) is 14.9. The summed E-state index contributed by atoms with van der Waals surface area (Å²) < 4.78 is 5.23. The molecule has 0 unspecified atom stereocenters. The van der Waals surface area contributed by atoms with Crippen molar-refractivity contribution in [1.82, 2.24) is 9.88 Å². The van der Waals surface area contributed by atoms with E-state index in [4.69, 9.17) is 4.74 Å². The topological polar surface area (TPSA) is 79.7 Å². The molecule has 0 bridgehead atoms. The Morgan fingerprint density at radius 1 is 1.33 bits per heavy atom. The van der Waals surface area contributed by atoms with Crippen molar-refractivity contribution in [3.05, 3.63) is 16.1 Å². The fraction of sp³-hybridized carbons (Fsp3) is 0.643. The average molecular weight is 310 g/mol. The number of Topliss-reactive ketones (excluding diaryl/α,β-unsaturated/α-hetero) is 1. The molecule has 1 saturated carbocycles. The van der Waals surface area contributed by atoms with Gasteiger partial charge in [-0.15, -0.1) is 11.3 Å². The van der Waals surface area contributed by atoms with Gasteiger partial charge in [0.25, 0.3) is 5.91 Å². The maximum Gasteiger partial charge on any atom is 0.282 e. The maximum atomic E-state index is 12.3. The number of nitrogens with zero attached hydrogens (tertiary/aromatic N) is 2. The Hall–Kier alpha value is -1.31. The van der Waals surface area contributed by atoms with Gasteiger partial charge in [-0.2, -0.15) is 0 Å². The largest absolute Gasteiger partial charge is 0.384 e. The van der Waals surface area contributed by atoms with Crippen molar-refractivity contribution in [2.75, 3.05) is 26.3 Å². The molecule has 1 aliphatic carbocycles. The zero-order valence-electron chi connectivity index (χ0n) is 11.7. The van der Waals surface area contributed by atoms with E-state index in [2.05, 4.69) is 4.98 Å². The third-order valence-corrected chi connectivity index (χ3v) is 5.26. The summed E-state index contributed by atoms with van der Waals surface area (Å²) in [4.78, 5) is 30.2. The van der Waals surface area contributed by atoms with Crippen LogP contribution in [0, 0.1) is 0 Å². The molecule has 0 atom stereocenters. The lowest BCUT2D eigenvalue weighted by Crippen LogP contribution is -2.40. The first-order valence-electron chi connectivity index (χ1n) is 7.16. The van der Waals surface area contributed by atoms with Gasteiger partial charge >= 0.3 is 0 Å². The second-order valence-corrected chi connectivity index (χ2v) is 6.54. The standard InChI is InChI=1S/C14H18N2O4S/c17-10-1-3-14(19,4-2-10)11-9-15-12(21-11)13(18)16-5-7-20-8-6-16/h9,19H,1-8H2. The molecule has 21 heavy (non-hydrogen) atoms. The number of thiazole rings is 1. The highest BCUT2D eigenvalue weighted by Gasteiger charge is 2.36. The van der Waals surface area contributed by atoms with Crippen LogP contribution >= 0.6 is 11.3 Å². The lowest BCUT2D eigenvalue weighted by atomic mass is 9.83. The minimum absolute atomic E-state index is 0.106. The first-order valence-corrected chi connectivity index (χ1v) is 7.97. The molecule has 1 N–H and O–H groups in total. The van der Waals surface area contributed by atoms with Crippen LogP contribution in [0.4, 0.5) is 0 Å². The first-order chi connectivity index (χ1) is 10.1. The Bertz CT molecular complexity index is 541. The summed E-state index contributed by atoms with van der Waals surface area (Å²) in [7, 11) is 0. The minimum Gasteiger partial charge on any atom is -0.384 e. The number of ether oxygens (including phenoxy) is 1. The van der Waals surface area contributed by atoms with Crippen LogP contribution in [0.3, 0.4) is 0 Å². The molecule has 2 heterocycles. The summed E-state index contributed by atoms with van der Waals surface area (Å²) in [5, 5.41) is 11.0. The van der Waals surface area contributed by atoms with Gasteiger partial charge < -0.3 is 14.7 Å². The number of amides is 1. The van der Waals surface area contributed by atoms with Crippen molar-refractivity contribution < 1.29 is 19.4 Å². The van der Waals surface area contributed by atoms with Crippen LogP contribution in [0.15, 0.2) is 6.20 Å². The van der Waals surface area contributed by atoms with Crippen LogP contribution in [0.1, 0.15) is 40.4 Å². The smallest absolute Gasteiger partial charge is 0.282 e. The van der Waals surface area contributed by atoms with Gasteiger partial charge in [-0.3, -0.25) is 9.59 Å². The Morgan fingerprint density at radius 2 is 2.00 bits per heavy atom. The molecular formula is C14H18N2O4S. The van der Waals surface area contributed by atoms with Crippen molar-refractivity contribution >= 4 is 23.0 Å². The van der Waals surface area contributed by atoms with Gasteiger partial charge in [-0.25, -0.2) is 4.98 Å². The third kappa shape index (κ3) is 3.00. The molecule has 0 aromatic carbocycles. The fourth-order valence-corrected chi connectivity index (χ4v) is 3.71. The van der Waals surface area contributed by atoms with E-state index < -0.39 is 5.60 Å². The average Bonchev–Trinajstić information content (AvgIpc) is 3.01. The van der Waals surface area contributed by atoms with Gasteiger partial charge in [0.2, 0.25) is 0 Å². The van der Waals surface area contributed by atoms with Crippen molar-refractivity contribution in [3.8, 4) is 0 Å². The Balaban J connectivity index is 1.73. The number of morpholine rings is 1. The number of rotatable bonds is 2. The van der Waals surface area contributed by atoms with E-state index in [0.717, 1.165) is 0 Å². The SMILES string of the molecule is O=C1CCC(O)(c2cnc(C(=O)N3CCOCC3)s2)CC1. The molecule has 1 amide bonds. The molecule has 0 radical (unpaired) electrons. The van der Waals surface area contributed by atoms with Crippen LogP contribution in [0.25, 0.3) is 0 Å². The lowest BCUT2D eigenvalue weighted by molar-refractivity contribution is -0.125. The quantitative estimate of drug-likeness (QED) is 0.879. The number of carbonyl (C=O) groups is 2. The Kier molecular flexibility index (Phi) is 4.05. The number of ketones is 1. The minimum atomic E-state index is -1.00. The number of aliphatic hydroxyl groups is 1. The molecule has 1 saturated heterocycles. The summed E-state index contributed by atoms with van der Waals surface area (Å²) in [5.74, 6) is 0.0823. The van der Waals surface area contributed by atoms with Crippen LogP contribution in [0.5, 0.6) is 0 Å². The highest BCUT2D eigenvalue weighted by atomic mass is 32.1. The van der Waals surface area contributed by atoms with Crippen molar-refractivity contribution in [3.63, 3.8) is 0 Å². The summed E-state index contributed by atoms with van der Waals surface area (Å²) >= 11 is 1.24. The zero-order valence-corrected chi connectivity index (χ0v) is 12.5. The maximum absolute atomic E-state index is 12.3. The van der Waals surface area contributed by atoms with Gasteiger partial charge in [0.05, 0.1) is 18.1 Å². The van der Waals surface area contributed by atoms with Crippen LogP contribution in [-0.4, -0.2) is 53.0 Å². The fourth-order valence-electron chi connectivity index (χ4n) is 2.68. The van der Waals surface area contributed by atoms with E-state index >= 15 is 0 Å². The molecule has 3 rings (SSSR count). The summed E-state index contributed by atoms with van der Waals surface area (Å²) in [6.07, 6.45) is 3.19. The first kappa shape index (κ1) is 14.6. The predicted molar refractivity (Wildman–Crippen MR) is 76.2 cm³/mol. The Morgan fingerprint density at radius 3 is 2.67 bits per heavy atom. The lowest BCUT2D eigenvalue weighted by Gasteiger charge is -2.30. The molecular weight excluding hydrogens is 292 g/mol. The highest BCUT2D eigenvalue weighted by Crippen LogP contribution is 2.38. The van der Waals surface area contributed by atoms with E-state index in [9.17, 15) is 14.7 Å². The van der Waals surface area contributed by atoms with Crippen molar-refractivity contribution in [1.29, 1.82) is 0 Å². The number of hydrogen-bond acceptors (Lipinski definition) is 6. The number of aromatic nitrogens is 1. The van der Waals surface area contributed by atoms with Gasteiger partial charge in [0.1, 0.15) is 11.4 Å². The third-order valence-electron chi connectivity index (χ3n) is 4.08. The molecule has 1 aromatic rings. The summed E-state index contributed by atoms with van der Waals surface area (Å²) in [6.45, 7) is 2.26. The monoisotopic (exact) mass is 310 g/mol. The molecule has 6 nitrogen and oxygen atoms in total. The predicted octanol–water partition coefficient (Wildman–Crippen LogP) is 0.946. The molecule has 2 fully saturated rings. The molecule has 7 heteroatoms. The molecule has 1 aromatic heterocycles. The highest BCUT2D eigenvalue weighted by molar-refractivity contribution is 7.13. The van der Waals surface area contributed by atoms with Crippen LogP contribution in [0.2, 0.25) is 0 Å². The van der Waals surface area contributed by atoms with Crippen molar-refractivity contribution in [2.24, 2.45) is 0 Å². The summed E-state index contributed by atoms with van der Waals surface area (Å²) in [6, 6.07) is 0. The van der Waals surface area contributed by atoms with Crippen molar-refractivity contribution in [2.45, 2.75) is 31.3 Å². The molecule has 0 spiro atoms. The van der Waals surface area contributed by atoms with E-state index in [0.29, 0.717) is 61.9 Å². The molecule has 1 aliphatic heterocycles. The second-order valence-electron chi connectivity index (χ2n) is 5.50. The Labute approximate surface area is 126 Å². The number of hydrogen-bond donors (Lipinski definition) is 1. The van der Waals surface area contributed by atoms with Gasteiger partial charge in [0, 0.05) is 32.1 Å². The summed E-state index contributed by atoms with van der Waals surface area (Å²) in [5.41, 5.74) is -1.00. The molecule has 2 aliphatic rings. The van der Waals surface area contributed by atoms with Gasteiger partial charge in [-0.1, -0.05) is 0 Å². The van der Waals surface area contributed by atoms with Crippen LogP contribution in [-0.2, 0) is 15.1 Å². The normalized spacial score (nSPS) is 22.3. The van der Waals surface area contributed by atoms with E-state index in [1.165, 1.54) is 11.3 Å². The van der Waals surface area contributed by atoms with Gasteiger partial charge in [0.15, 0.2) is 5.01 Å². The van der Waals surface area contributed by atoms with Gasteiger partial charge in [-0.05, 0) is 12.8 Å². The van der Waals surface area contributed by atoms with E-state index in [1.807, 2.05) is 0 Å².